The first-order chi connectivity index (χ1) is 15.8. The first-order valence-electron chi connectivity index (χ1n) is 11.1. The number of hydrazone groups is 1. The third-order valence-electron chi connectivity index (χ3n) is 5.43. The predicted molar refractivity (Wildman–Crippen MR) is 132 cm³/mol. The minimum Gasteiger partial charge on any atom is -0.483 e. The van der Waals surface area contributed by atoms with E-state index in [4.69, 9.17) is 4.74 Å². The number of nitrogens with zero attached hydrogens (tertiary/aromatic N) is 1. The van der Waals surface area contributed by atoms with E-state index in [9.17, 15) is 9.59 Å². The summed E-state index contributed by atoms with van der Waals surface area (Å²) in [5.41, 5.74) is 7.38. The molecule has 3 rings (SSSR count). The number of fused-ring (bicyclic) bond motifs is 1. The number of carbonyl (C=O) groups excluding carboxylic acids is 2. The number of hydrogen-bond donors (Lipinski definition) is 3. The van der Waals surface area contributed by atoms with Gasteiger partial charge in [0.2, 0.25) is 0 Å². The fourth-order valence-electron chi connectivity index (χ4n) is 3.81. The second kappa shape index (κ2) is 10.8. The number of amides is 2. The summed E-state index contributed by atoms with van der Waals surface area (Å²) in [6, 6.07) is 13.0. The largest absolute Gasteiger partial charge is 0.483 e. The highest BCUT2D eigenvalue weighted by atomic mass is 16.5. The zero-order valence-corrected chi connectivity index (χ0v) is 19.9. The fraction of sp³-hybridized carbons (Fsp3) is 0.346. The quantitative estimate of drug-likeness (QED) is 0.339. The van der Waals surface area contributed by atoms with Gasteiger partial charge in [-0.15, -0.1) is 0 Å². The van der Waals surface area contributed by atoms with Crippen LogP contribution in [0.15, 0.2) is 47.6 Å². The molecule has 1 aromatic heterocycles. The van der Waals surface area contributed by atoms with E-state index >= 15 is 0 Å². The standard InChI is InChI=1S/C26H32N4O3/c1-16(2)13-23(29-24(31)15-33-25-17(3)9-8-10-18(25)4)26(32)30-27-14-21-19(5)28-22-12-7-6-11-20(21)22/h6-12,14,16,23,28H,13,15H2,1-5H3,(H,29,31)(H,30,32)/b27-14-/t23-/m0/s1. The summed E-state index contributed by atoms with van der Waals surface area (Å²) in [5, 5.41) is 7.97. The van der Waals surface area contributed by atoms with Gasteiger partial charge < -0.3 is 15.0 Å². The number of carbonyl (C=O) groups is 2. The van der Waals surface area contributed by atoms with Crippen molar-refractivity contribution in [3.63, 3.8) is 0 Å². The van der Waals surface area contributed by atoms with E-state index in [1.54, 1.807) is 6.21 Å². The third kappa shape index (κ3) is 6.22. The van der Waals surface area contributed by atoms with Gasteiger partial charge in [-0.25, -0.2) is 5.43 Å². The van der Waals surface area contributed by atoms with Crippen LogP contribution in [0.2, 0.25) is 0 Å². The summed E-state index contributed by atoms with van der Waals surface area (Å²) in [7, 11) is 0. The van der Waals surface area contributed by atoms with Gasteiger partial charge >= 0.3 is 0 Å². The molecule has 0 spiro atoms. The summed E-state index contributed by atoms with van der Waals surface area (Å²) in [6.45, 7) is 9.66. The maximum Gasteiger partial charge on any atom is 0.262 e. The molecule has 0 saturated carbocycles. The van der Waals surface area contributed by atoms with E-state index in [1.807, 2.05) is 77.1 Å². The molecule has 0 aliphatic carbocycles. The highest BCUT2D eigenvalue weighted by molar-refractivity contribution is 6.01. The van der Waals surface area contributed by atoms with Crippen molar-refractivity contribution in [2.45, 2.75) is 47.1 Å². The van der Waals surface area contributed by atoms with Crippen LogP contribution < -0.4 is 15.5 Å². The van der Waals surface area contributed by atoms with Crippen LogP contribution in [0.4, 0.5) is 0 Å². The van der Waals surface area contributed by atoms with E-state index in [1.165, 1.54) is 0 Å². The molecule has 2 amide bonds. The molecule has 0 unspecified atom stereocenters. The summed E-state index contributed by atoms with van der Waals surface area (Å²) in [6.07, 6.45) is 2.12. The Morgan fingerprint density at radius 3 is 2.45 bits per heavy atom. The lowest BCUT2D eigenvalue weighted by molar-refractivity contribution is -0.130. The molecular formula is C26H32N4O3. The van der Waals surface area contributed by atoms with Gasteiger partial charge in [0.05, 0.1) is 6.21 Å². The number of ether oxygens (including phenoxy) is 1. The molecule has 1 atom stereocenters. The molecular weight excluding hydrogens is 416 g/mol. The zero-order valence-electron chi connectivity index (χ0n) is 19.9. The van der Waals surface area contributed by atoms with Gasteiger partial charge in [-0.3, -0.25) is 9.59 Å². The van der Waals surface area contributed by atoms with Crippen molar-refractivity contribution in [3.8, 4) is 5.75 Å². The molecule has 1 heterocycles. The van der Waals surface area contributed by atoms with Crippen LogP contribution in [-0.2, 0) is 9.59 Å². The Bertz CT molecular complexity index is 1140. The van der Waals surface area contributed by atoms with Gasteiger partial charge in [0.15, 0.2) is 6.61 Å². The van der Waals surface area contributed by atoms with Crippen molar-refractivity contribution in [1.82, 2.24) is 15.7 Å². The SMILES string of the molecule is Cc1cccc(C)c1OCC(=O)N[C@@H](CC(C)C)C(=O)N/N=C\c1c(C)[nH]c2ccccc12. The van der Waals surface area contributed by atoms with Gasteiger partial charge in [0.25, 0.3) is 11.8 Å². The van der Waals surface area contributed by atoms with Crippen molar-refractivity contribution >= 4 is 28.9 Å². The summed E-state index contributed by atoms with van der Waals surface area (Å²) in [5.74, 6) is 0.185. The minimum atomic E-state index is -0.708. The maximum absolute atomic E-state index is 12.8. The van der Waals surface area contributed by atoms with E-state index < -0.39 is 6.04 Å². The number of nitrogens with one attached hydrogen (secondary N) is 3. The highest BCUT2D eigenvalue weighted by Crippen LogP contribution is 2.22. The Hall–Kier alpha value is -3.61. The maximum atomic E-state index is 12.8. The smallest absolute Gasteiger partial charge is 0.262 e. The molecule has 3 aromatic rings. The van der Waals surface area contributed by atoms with Gasteiger partial charge in [0.1, 0.15) is 11.8 Å². The Labute approximate surface area is 194 Å². The number of rotatable bonds is 9. The van der Waals surface area contributed by atoms with Crippen LogP contribution in [-0.4, -0.2) is 35.7 Å². The number of benzene rings is 2. The minimum absolute atomic E-state index is 0.161. The first-order valence-corrected chi connectivity index (χ1v) is 11.1. The molecule has 0 radical (unpaired) electrons. The molecule has 0 aliphatic heterocycles. The molecule has 0 bridgehead atoms. The van der Waals surface area contributed by atoms with Crippen molar-refractivity contribution in [2.24, 2.45) is 11.0 Å². The average Bonchev–Trinajstić information content (AvgIpc) is 3.07. The fourth-order valence-corrected chi connectivity index (χ4v) is 3.81. The zero-order chi connectivity index (χ0) is 24.0. The van der Waals surface area contributed by atoms with E-state index in [-0.39, 0.29) is 24.3 Å². The van der Waals surface area contributed by atoms with Crippen molar-refractivity contribution in [1.29, 1.82) is 0 Å². The number of aryl methyl sites for hydroxylation is 3. The van der Waals surface area contributed by atoms with Crippen LogP contribution in [0.25, 0.3) is 10.9 Å². The number of hydrogen-bond acceptors (Lipinski definition) is 4. The second-order valence-corrected chi connectivity index (χ2v) is 8.70. The number of para-hydroxylation sites is 2. The number of H-pyrrole nitrogens is 1. The molecule has 3 N–H and O–H groups in total. The Morgan fingerprint density at radius 1 is 1.06 bits per heavy atom. The van der Waals surface area contributed by atoms with E-state index in [0.717, 1.165) is 33.3 Å². The first kappa shape index (κ1) is 24.0. The highest BCUT2D eigenvalue weighted by Gasteiger charge is 2.22. The van der Waals surface area contributed by atoms with E-state index in [2.05, 4.69) is 20.8 Å². The predicted octanol–water partition coefficient (Wildman–Crippen LogP) is 4.15. The molecule has 174 valence electrons. The van der Waals surface area contributed by atoms with Gasteiger partial charge in [-0.2, -0.15) is 5.10 Å². The molecule has 0 fully saturated rings. The van der Waals surface area contributed by atoms with E-state index in [0.29, 0.717) is 12.2 Å². The lowest BCUT2D eigenvalue weighted by Crippen LogP contribution is -2.47. The van der Waals surface area contributed by atoms with Crippen LogP contribution in [0.5, 0.6) is 5.75 Å². The van der Waals surface area contributed by atoms with Crippen molar-refractivity contribution in [3.05, 3.63) is 64.8 Å². The average molecular weight is 449 g/mol. The molecule has 0 saturated heterocycles. The summed E-state index contributed by atoms with van der Waals surface area (Å²) >= 11 is 0. The second-order valence-electron chi connectivity index (χ2n) is 8.70. The Morgan fingerprint density at radius 2 is 1.76 bits per heavy atom. The van der Waals surface area contributed by atoms with Crippen LogP contribution in [0, 0.1) is 26.7 Å². The van der Waals surface area contributed by atoms with Crippen molar-refractivity contribution in [2.75, 3.05) is 6.61 Å². The monoisotopic (exact) mass is 448 g/mol. The normalized spacial score (nSPS) is 12.3. The van der Waals surface area contributed by atoms with Gasteiger partial charge in [-0.1, -0.05) is 50.2 Å². The Balaban J connectivity index is 1.62. The molecule has 0 aliphatic rings. The third-order valence-corrected chi connectivity index (χ3v) is 5.43. The number of aromatic nitrogens is 1. The molecule has 7 heteroatoms. The lowest BCUT2D eigenvalue weighted by atomic mass is 10.0. The molecule has 33 heavy (non-hydrogen) atoms. The van der Waals surface area contributed by atoms with Crippen LogP contribution in [0.1, 0.15) is 42.7 Å². The van der Waals surface area contributed by atoms with Crippen LogP contribution >= 0.6 is 0 Å². The van der Waals surface area contributed by atoms with Crippen molar-refractivity contribution < 1.29 is 14.3 Å². The molecule has 2 aromatic carbocycles. The van der Waals surface area contributed by atoms with Crippen LogP contribution in [0.3, 0.4) is 0 Å². The van der Waals surface area contributed by atoms with Gasteiger partial charge in [-0.05, 0) is 50.3 Å². The summed E-state index contributed by atoms with van der Waals surface area (Å²) in [4.78, 5) is 28.6. The van der Waals surface area contributed by atoms with Gasteiger partial charge in [0, 0.05) is 22.2 Å². The Kier molecular flexibility index (Phi) is 7.87. The lowest BCUT2D eigenvalue weighted by Gasteiger charge is -2.19. The molecule has 7 nitrogen and oxygen atoms in total. The summed E-state index contributed by atoms with van der Waals surface area (Å²) < 4.78 is 5.72. The topological polar surface area (TPSA) is 95.6 Å². The number of aromatic amines is 1.